The Hall–Kier alpha value is -7.72. The van der Waals surface area contributed by atoms with Gasteiger partial charge in [-0.25, -0.2) is 24.0 Å². The molecule has 0 aliphatic heterocycles. The molecule has 0 radical (unpaired) electrons. The number of halogens is 1. The number of nitrogens with zero attached hydrogens (tertiary/aromatic N) is 4. The molecule has 0 aromatic carbocycles. The molecule has 27 heteroatoms. The molecule has 0 bridgehead atoms. The smallest absolute Gasteiger partial charge is 0.412 e. The molecule has 5 aromatic heterocycles. The van der Waals surface area contributed by atoms with Crippen LogP contribution in [0.1, 0.15) is 239 Å². The van der Waals surface area contributed by atoms with Gasteiger partial charge in [-0.2, -0.15) is 0 Å². The molecule has 5 aliphatic rings. The monoisotopic (exact) mass is 1450 g/mol. The van der Waals surface area contributed by atoms with Crippen LogP contribution in [0.25, 0.3) is 0 Å². The van der Waals surface area contributed by atoms with E-state index < -0.39 is 40.8 Å². The molecule has 5 saturated carbocycles. The van der Waals surface area contributed by atoms with Gasteiger partial charge in [-0.05, 0) is 244 Å². The van der Waals surface area contributed by atoms with Gasteiger partial charge >= 0.3 is 29.6 Å². The van der Waals surface area contributed by atoms with Gasteiger partial charge in [-0.1, -0.05) is 0 Å². The second-order valence-electron chi connectivity index (χ2n) is 28.8. The van der Waals surface area contributed by atoms with Crippen LogP contribution < -0.4 is 44.6 Å². The summed E-state index contributed by atoms with van der Waals surface area (Å²) in [4.78, 5) is 105. The lowest BCUT2D eigenvalue weighted by Gasteiger charge is -2.36. The van der Waals surface area contributed by atoms with Crippen LogP contribution in [0.4, 0.5) is 16.2 Å². The van der Waals surface area contributed by atoms with Crippen molar-refractivity contribution >= 4 is 47.8 Å². The average Bonchev–Trinajstić information content (AvgIpc) is 0.819. The fourth-order valence-electron chi connectivity index (χ4n) is 13.0. The van der Waals surface area contributed by atoms with E-state index in [4.69, 9.17) is 45.0 Å². The first-order valence-corrected chi connectivity index (χ1v) is 34.7. The van der Waals surface area contributed by atoms with Crippen LogP contribution in [-0.4, -0.2) is 137 Å². The zero-order valence-corrected chi connectivity index (χ0v) is 63.2. The number of hydrogen-bond donors (Lipinski definition) is 4. The summed E-state index contributed by atoms with van der Waals surface area (Å²) in [6.07, 6.45) is 26.5. The summed E-state index contributed by atoms with van der Waals surface area (Å²) in [6.45, 7) is 15.9. The predicted molar refractivity (Wildman–Crippen MR) is 392 cm³/mol. The number of carboxylic acid groups (broad SMARTS) is 1. The van der Waals surface area contributed by atoms with Crippen LogP contribution in [0.15, 0.2) is 120 Å². The van der Waals surface area contributed by atoms with E-state index in [-0.39, 0.29) is 104 Å². The highest BCUT2D eigenvalue weighted by Crippen LogP contribution is 2.40. The van der Waals surface area contributed by atoms with Crippen LogP contribution in [0.2, 0.25) is 0 Å². The maximum Gasteiger partial charge on any atom is 0.412 e. The van der Waals surface area contributed by atoms with Gasteiger partial charge in [-0.15, -0.1) is 12.4 Å². The molecular formula is C75H112ClN7O19. The number of pyridine rings is 4. The standard InChI is InChI=1S/C18H28N2O4.C15H21NO4.C14H19NO4.C13H20N2O2.C8H17NO.C7H6O4.ClH/c1-17(2,3)24-16(22)19-14-7-6-12-20(15(14)21)13-8-10-18(4,23-5)11-9-13;1-15(20-3)8-6-11(7-9-15)16-10-4-5-12(13(16)17)14(18)19-2;1-14(19-2)7-5-10(6-8-14)15-9-3-4-11(12(15)16)13(17)18;1-13(17-2)7-5-10(6-8-13)15-9-3-4-11(14)12(15)16;1-8(10-2)5-3-7(9)4-6-8;1-10-6(8)5-3-2-4-11-7(5)9;/h6-7,12-13H,8-11H2,1-5H3,(H,19,22);4-5,10-11H,6-9H2,1-3H3;3-4,9-10H,5-8H2,1-2H3,(H,17,18);3-4,9-10H,5-8,14H2,1-2H3;7H,3-6,9H2,1-2H3;2-4H,1H3;1H. The first-order valence-electron chi connectivity index (χ1n) is 34.7. The van der Waals surface area contributed by atoms with Gasteiger partial charge in [0.1, 0.15) is 28.0 Å². The van der Waals surface area contributed by atoms with E-state index in [9.17, 15) is 43.2 Å². The van der Waals surface area contributed by atoms with Crippen LogP contribution in [0.3, 0.4) is 0 Å². The average molecular weight is 1450 g/mol. The second kappa shape index (κ2) is 39.2. The van der Waals surface area contributed by atoms with E-state index >= 15 is 0 Å². The molecule has 10 rings (SSSR count). The normalized spacial score (nSPS) is 25.9. The fraction of sp³-hybridized carbons (Fsp3) is 0.613. The number of carbonyl (C=O) groups excluding carboxylic acids is 3. The number of aromatic nitrogens is 4. The highest BCUT2D eigenvalue weighted by Gasteiger charge is 2.36. The van der Waals surface area contributed by atoms with Crippen molar-refractivity contribution in [2.75, 3.05) is 60.8 Å². The summed E-state index contributed by atoms with van der Waals surface area (Å²) in [6, 6.07) is 16.8. The van der Waals surface area contributed by atoms with Gasteiger partial charge in [0.15, 0.2) is 0 Å². The largest absolute Gasteiger partial charge is 0.477 e. The predicted octanol–water partition coefficient (Wildman–Crippen LogP) is 12.0. The number of anilines is 2. The van der Waals surface area contributed by atoms with Crippen molar-refractivity contribution in [3.8, 4) is 0 Å². The Morgan fingerprint density at radius 1 is 0.471 bits per heavy atom. The number of methoxy groups -OCH3 is 7. The minimum Gasteiger partial charge on any atom is -0.477 e. The van der Waals surface area contributed by atoms with Crippen molar-refractivity contribution in [2.45, 2.75) is 248 Å². The Bertz CT molecular complexity index is 3800. The zero-order valence-electron chi connectivity index (χ0n) is 62.3. The van der Waals surface area contributed by atoms with Gasteiger partial charge in [0.2, 0.25) is 0 Å². The number of rotatable bonds is 13. The fourth-order valence-corrected chi connectivity index (χ4v) is 13.0. The Kier molecular flexibility index (Phi) is 33.3. The van der Waals surface area contributed by atoms with Crippen LogP contribution in [0, 0.1) is 0 Å². The molecule has 0 saturated heterocycles. The highest BCUT2D eigenvalue weighted by atomic mass is 35.5. The van der Waals surface area contributed by atoms with Crippen molar-refractivity contribution in [3.63, 3.8) is 0 Å². The molecule has 102 heavy (non-hydrogen) atoms. The van der Waals surface area contributed by atoms with Gasteiger partial charge in [0.05, 0.1) is 54.2 Å². The molecule has 6 N–H and O–H groups in total. The zero-order chi connectivity index (χ0) is 75.1. The number of nitrogens with two attached hydrogens (primary N) is 2. The first kappa shape index (κ1) is 86.7. The van der Waals surface area contributed by atoms with Crippen LogP contribution >= 0.6 is 12.4 Å². The third kappa shape index (κ3) is 25.0. The molecule has 5 fully saturated rings. The lowest BCUT2D eigenvalue weighted by atomic mass is 9.83. The summed E-state index contributed by atoms with van der Waals surface area (Å²) in [5, 5.41) is 11.5. The molecular weight excluding hydrogens is 1340 g/mol. The minimum atomic E-state index is -1.17. The first-order chi connectivity index (χ1) is 47.6. The number of hydrogen-bond acceptors (Lipinski definition) is 20. The van der Waals surface area contributed by atoms with Gasteiger partial charge in [-0.3, -0.25) is 24.5 Å². The third-order valence-corrected chi connectivity index (χ3v) is 20.5. The topological polar surface area (TPSA) is 345 Å². The van der Waals surface area contributed by atoms with Gasteiger partial charge in [0.25, 0.3) is 22.2 Å². The molecule has 26 nitrogen and oxygen atoms in total. The number of carbonyl (C=O) groups is 4. The van der Waals surface area contributed by atoms with E-state index in [2.05, 4.69) is 53.8 Å². The minimum absolute atomic E-state index is 0. The van der Waals surface area contributed by atoms with Crippen LogP contribution in [-0.2, 0) is 37.9 Å². The van der Waals surface area contributed by atoms with Gasteiger partial charge < -0.3 is 77.2 Å². The third-order valence-electron chi connectivity index (χ3n) is 20.5. The molecule has 1 amide bonds. The van der Waals surface area contributed by atoms with E-state index in [1.807, 2.05) is 12.3 Å². The number of esters is 2. The van der Waals surface area contributed by atoms with E-state index in [0.717, 1.165) is 128 Å². The van der Waals surface area contributed by atoms with E-state index in [1.165, 1.54) is 44.7 Å². The highest BCUT2D eigenvalue weighted by molar-refractivity contribution is 5.89. The summed E-state index contributed by atoms with van der Waals surface area (Å²) < 4.78 is 52.7. The molecule has 5 aliphatic carbocycles. The van der Waals surface area contributed by atoms with Crippen molar-refractivity contribution in [3.05, 3.63) is 160 Å². The Morgan fingerprint density at radius 2 is 0.784 bits per heavy atom. The van der Waals surface area contributed by atoms with Crippen molar-refractivity contribution < 1.29 is 66.6 Å². The molecule has 568 valence electrons. The molecule has 0 unspecified atom stereocenters. The number of aromatic carboxylic acids is 1. The molecule has 0 atom stereocenters. The summed E-state index contributed by atoms with van der Waals surface area (Å²) in [7, 11) is 11.2. The SMILES string of the molecule is COC(=O)c1cccn(C2CCC(C)(OC)CC2)c1=O.COC(=O)c1cccoc1=O.COC1(C)CCC(N)CC1.COC1(C)CCC(n2cccc(C(=O)O)c2=O)CC1.COC1(C)CCC(n2cccc(N)c2=O)CC1.COC1(C)CCC(n2cccc(NC(=O)OC(C)(C)C)c2=O)CC1.Cl. The number of ether oxygens (including phenoxy) is 8. The Labute approximate surface area is 604 Å². The lowest BCUT2D eigenvalue weighted by Crippen LogP contribution is -2.37. The number of nitrogen functional groups attached to an aromatic ring is 1. The quantitative estimate of drug-likeness (QED) is 0.0628. The summed E-state index contributed by atoms with van der Waals surface area (Å²) in [5.41, 5.74) is 9.34. The number of carboxylic acids is 1. The molecule has 0 spiro atoms. The number of nitrogens with one attached hydrogen (secondary N) is 1. The van der Waals surface area contributed by atoms with Crippen molar-refractivity contribution in [1.29, 1.82) is 0 Å². The van der Waals surface area contributed by atoms with Gasteiger partial charge in [0, 0.05) is 90.5 Å². The second-order valence-corrected chi connectivity index (χ2v) is 28.8. The molecule has 5 heterocycles. The Balaban J connectivity index is 0.000000264. The van der Waals surface area contributed by atoms with E-state index in [1.54, 1.807) is 124 Å². The summed E-state index contributed by atoms with van der Waals surface area (Å²) in [5.74, 6) is -2.43. The Morgan fingerprint density at radius 3 is 1.14 bits per heavy atom. The maximum absolute atomic E-state index is 12.7. The number of amides is 1. The molecule has 5 aromatic rings. The van der Waals surface area contributed by atoms with Crippen LogP contribution in [0.5, 0.6) is 0 Å². The summed E-state index contributed by atoms with van der Waals surface area (Å²) >= 11 is 0. The van der Waals surface area contributed by atoms with E-state index in [0.29, 0.717) is 11.7 Å². The van der Waals surface area contributed by atoms with Crippen molar-refractivity contribution in [2.24, 2.45) is 5.73 Å². The lowest BCUT2D eigenvalue weighted by molar-refractivity contribution is -0.0327. The maximum atomic E-state index is 12.7. The van der Waals surface area contributed by atoms with Crippen molar-refractivity contribution in [1.82, 2.24) is 18.3 Å².